The van der Waals surface area contributed by atoms with Crippen LogP contribution in [0.1, 0.15) is 31.1 Å². The number of para-hydroxylation sites is 1. The molecule has 2 atom stereocenters. The molecule has 4 aromatic rings. The summed E-state index contributed by atoms with van der Waals surface area (Å²) in [6, 6.07) is 11.1. The standard InChI is InChI=1S/C23H25N3O3S3/c1-2-26(32(28,29)21-7-4-10-30-21)20-6-3-5-16-13-19(25-22(16)20)23-24-14-18(31-23)12-15-8-9-17(27)11-15/h3-7,10,13-15,17,25,27H,2,8-9,11-12H2,1H3. The van der Waals surface area contributed by atoms with Crippen LogP contribution < -0.4 is 4.31 Å². The average Bonchev–Trinajstić information content (AvgIpc) is 3.56. The van der Waals surface area contributed by atoms with Gasteiger partial charge in [0, 0.05) is 23.0 Å². The summed E-state index contributed by atoms with van der Waals surface area (Å²) in [6.45, 7) is 2.18. The minimum absolute atomic E-state index is 0.161. The lowest BCUT2D eigenvalue weighted by Gasteiger charge is -2.22. The maximum Gasteiger partial charge on any atom is 0.273 e. The van der Waals surface area contributed by atoms with Crippen LogP contribution in [-0.2, 0) is 16.4 Å². The molecule has 2 N–H and O–H groups in total. The second-order valence-electron chi connectivity index (χ2n) is 8.20. The van der Waals surface area contributed by atoms with Gasteiger partial charge in [0.2, 0.25) is 0 Å². The van der Waals surface area contributed by atoms with E-state index >= 15 is 0 Å². The minimum Gasteiger partial charge on any atom is -0.393 e. The Morgan fingerprint density at radius 2 is 2.12 bits per heavy atom. The predicted molar refractivity (Wildman–Crippen MR) is 131 cm³/mol. The fourth-order valence-corrected chi connectivity index (χ4v) is 8.09. The number of fused-ring (bicyclic) bond motifs is 1. The number of rotatable bonds is 7. The van der Waals surface area contributed by atoms with Gasteiger partial charge in [-0.05, 0) is 62.1 Å². The van der Waals surface area contributed by atoms with Gasteiger partial charge in [0.15, 0.2) is 0 Å². The normalized spacial score (nSPS) is 19.1. The number of sulfonamides is 1. The topological polar surface area (TPSA) is 86.3 Å². The number of nitrogens with one attached hydrogen (secondary N) is 1. The van der Waals surface area contributed by atoms with Crippen molar-refractivity contribution in [3.63, 3.8) is 0 Å². The highest BCUT2D eigenvalue weighted by atomic mass is 32.2. The molecule has 0 spiro atoms. The van der Waals surface area contributed by atoms with Crippen LogP contribution in [0.4, 0.5) is 5.69 Å². The molecule has 1 fully saturated rings. The zero-order chi connectivity index (χ0) is 22.3. The van der Waals surface area contributed by atoms with Crippen LogP contribution in [0.2, 0.25) is 0 Å². The van der Waals surface area contributed by atoms with Crippen LogP contribution >= 0.6 is 22.7 Å². The molecule has 5 rings (SSSR count). The van der Waals surface area contributed by atoms with E-state index in [0.717, 1.165) is 47.3 Å². The first-order valence-corrected chi connectivity index (χ1v) is 13.9. The summed E-state index contributed by atoms with van der Waals surface area (Å²) in [5, 5.41) is 13.4. The number of H-pyrrole nitrogens is 1. The molecule has 3 heterocycles. The van der Waals surface area contributed by atoms with E-state index < -0.39 is 10.0 Å². The number of benzene rings is 1. The van der Waals surface area contributed by atoms with Crippen LogP contribution in [0.5, 0.6) is 0 Å². The Morgan fingerprint density at radius 3 is 2.84 bits per heavy atom. The molecule has 6 nitrogen and oxygen atoms in total. The van der Waals surface area contributed by atoms with Crippen molar-refractivity contribution in [1.29, 1.82) is 0 Å². The van der Waals surface area contributed by atoms with Crippen LogP contribution in [0.25, 0.3) is 21.6 Å². The van der Waals surface area contributed by atoms with Gasteiger partial charge in [-0.1, -0.05) is 18.2 Å². The number of aromatic nitrogens is 2. The molecule has 1 saturated carbocycles. The van der Waals surface area contributed by atoms with E-state index in [1.54, 1.807) is 28.8 Å². The molecule has 1 aromatic carbocycles. The molecule has 168 valence electrons. The molecule has 3 aromatic heterocycles. The summed E-state index contributed by atoms with van der Waals surface area (Å²) >= 11 is 2.89. The first kappa shape index (κ1) is 21.6. The van der Waals surface area contributed by atoms with Crippen molar-refractivity contribution in [1.82, 2.24) is 9.97 Å². The number of thiazole rings is 1. The van der Waals surface area contributed by atoms with E-state index in [4.69, 9.17) is 0 Å². The van der Waals surface area contributed by atoms with Crippen molar-refractivity contribution in [3.8, 4) is 10.7 Å². The van der Waals surface area contributed by atoms with E-state index in [2.05, 4.69) is 9.97 Å². The van der Waals surface area contributed by atoms with Gasteiger partial charge < -0.3 is 10.1 Å². The van der Waals surface area contributed by atoms with Crippen LogP contribution in [0.3, 0.4) is 0 Å². The Bertz CT molecular complexity index is 1320. The van der Waals surface area contributed by atoms with E-state index in [0.29, 0.717) is 22.4 Å². The monoisotopic (exact) mass is 487 g/mol. The van der Waals surface area contributed by atoms with Gasteiger partial charge in [-0.2, -0.15) is 0 Å². The van der Waals surface area contributed by atoms with Gasteiger partial charge in [-0.3, -0.25) is 4.31 Å². The Balaban J connectivity index is 1.47. The molecule has 1 aliphatic carbocycles. The number of hydrogen-bond acceptors (Lipinski definition) is 6. The largest absolute Gasteiger partial charge is 0.393 e. The summed E-state index contributed by atoms with van der Waals surface area (Å²) < 4.78 is 28.3. The van der Waals surface area contributed by atoms with Crippen molar-refractivity contribution in [2.45, 2.75) is 42.9 Å². The van der Waals surface area contributed by atoms with Gasteiger partial charge in [0.05, 0.1) is 23.0 Å². The number of hydrogen-bond donors (Lipinski definition) is 2. The van der Waals surface area contributed by atoms with E-state index in [1.807, 2.05) is 37.4 Å². The van der Waals surface area contributed by atoms with Crippen LogP contribution in [0.15, 0.2) is 52.2 Å². The first-order valence-electron chi connectivity index (χ1n) is 10.8. The third-order valence-corrected chi connectivity index (χ3v) is 10.3. The van der Waals surface area contributed by atoms with Crippen molar-refractivity contribution in [2.75, 3.05) is 10.8 Å². The number of anilines is 1. The maximum absolute atomic E-state index is 13.2. The predicted octanol–water partition coefficient (Wildman–Crippen LogP) is 5.27. The van der Waals surface area contributed by atoms with Gasteiger partial charge in [0.25, 0.3) is 10.0 Å². The molecule has 0 saturated heterocycles. The number of nitrogens with zero attached hydrogens (tertiary/aromatic N) is 2. The van der Waals surface area contributed by atoms with Crippen molar-refractivity contribution in [2.24, 2.45) is 5.92 Å². The molecular formula is C23H25N3O3S3. The second-order valence-corrected chi connectivity index (χ2v) is 12.3. The smallest absolute Gasteiger partial charge is 0.273 e. The van der Waals surface area contributed by atoms with Crippen molar-refractivity contribution >= 4 is 49.3 Å². The molecule has 0 radical (unpaired) electrons. The Kier molecular flexibility index (Phi) is 5.83. The zero-order valence-corrected chi connectivity index (χ0v) is 20.1. The summed E-state index contributed by atoms with van der Waals surface area (Å²) in [6.07, 6.45) is 5.54. The van der Waals surface area contributed by atoms with Gasteiger partial charge in [0.1, 0.15) is 9.22 Å². The molecule has 2 unspecified atom stereocenters. The third-order valence-electron chi connectivity index (χ3n) is 6.02. The number of thiophene rings is 1. The van der Waals surface area contributed by atoms with E-state index in [1.165, 1.54) is 20.5 Å². The molecule has 1 aliphatic rings. The molecule has 0 amide bonds. The number of aliphatic hydroxyl groups is 1. The quantitative estimate of drug-likeness (QED) is 0.372. The summed E-state index contributed by atoms with van der Waals surface area (Å²) in [5.41, 5.74) is 2.32. The highest BCUT2D eigenvalue weighted by molar-refractivity contribution is 7.94. The second kappa shape index (κ2) is 8.62. The summed E-state index contributed by atoms with van der Waals surface area (Å²) in [7, 11) is -3.62. The lowest BCUT2D eigenvalue weighted by atomic mass is 10.0. The van der Waals surface area contributed by atoms with Gasteiger partial charge >= 0.3 is 0 Å². The third kappa shape index (κ3) is 3.98. The van der Waals surface area contributed by atoms with Crippen molar-refractivity contribution in [3.05, 3.63) is 52.9 Å². The lowest BCUT2D eigenvalue weighted by Crippen LogP contribution is -2.30. The van der Waals surface area contributed by atoms with Crippen LogP contribution in [0, 0.1) is 5.92 Å². The maximum atomic E-state index is 13.2. The highest BCUT2D eigenvalue weighted by Crippen LogP contribution is 2.36. The van der Waals surface area contributed by atoms with Gasteiger partial charge in [-0.15, -0.1) is 22.7 Å². The number of aliphatic hydroxyl groups excluding tert-OH is 1. The average molecular weight is 488 g/mol. The summed E-state index contributed by atoms with van der Waals surface area (Å²) in [4.78, 5) is 9.27. The fourth-order valence-electron chi connectivity index (χ4n) is 4.50. The Hall–Kier alpha value is -2.20. The highest BCUT2D eigenvalue weighted by Gasteiger charge is 2.27. The van der Waals surface area contributed by atoms with E-state index in [9.17, 15) is 13.5 Å². The van der Waals surface area contributed by atoms with Gasteiger partial charge in [-0.25, -0.2) is 13.4 Å². The van der Waals surface area contributed by atoms with Crippen LogP contribution in [-0.4, -0.2) is 36.1 Å². The van der Waals surface area contributed by atoms with Crippen molar-refractivity contribution < 1.29 is 13.5 Å². The zero-order valence-electron chi connectivity index (χ0n) is 17.7. The minimum atomic E-state index is -3.62. The Morgan fingerprint density at radius 1 is 1.25 bits per heavy atom. The molecule has 9 heteroatoms. The van der Waals surface area contributed by atoms with E-state index in [-0.39, 0.29) is 6.10 Å². The molecular weight excluding hydrogens is 462 g/mol. The molecule has 0 aliphatic heterocycles. The SMILES string of the molecule is CCN(c1cccc2cc(-c3ncc(CC4CCC(O)C4)s3)[nH]c12)S(=O)(=O)c1cccs1. The molecule has 32 heavy (non-hydrogen) atoms. The fraction of sp³-hybridized carbons (Fsp3) is 0.348. The lowest BCUT2D eigenvalue weighted by molar-refractivity contribution is 0.177. The first-order chi connectivity index (χ1) is 15.5. The number of aromatic amines is 1. The summed E-state index contributed by atoms with van der Waals surface area (Å²) in [5.74, 6) is 0.521. The molecule has 0 bridgehead atoms. The Labute approximate surface area is 195 Å².